The molecule has 0 spiro atoms. The van der Waals surface area contributed by atoms with Gasteiger partial charge in [0.25, 0.3) is 0 Å². The van der Waals surface area contributed by atoms with Gasteiger partial charge in [0.15, 0.2) is 0 Å². The van der Waals surface area contributed by atoms with Gasteiger partial charge >= 0.3 is 0 Å². The molecule has 0 unspecified atom stereocenters. The highest BCUT2D eigenvalue weighted by atomic mass is 15.1. The Kier molecular flexibility index (Phi) is 7.58. The maximum Gasteiger partial charge on any atom is 0.0540 e. The van der Waals surface area contributed by atoms with Crippen molar-refractivity contribution in [3.05, 3.63) is 210 Å². The van der Waals surface area contributed by atoms with Crippen LogP contribution in [0.15, 0.2) is 188 Å². The van der Waals surface area contributed by atoms with Gasteiger partial charge in [-0.15, -0.1) is 0 Å². The Bertz CT molecular complexity index is 2740. The first-order valence-corrected chi connectivity index (χ1v) is 19.4. The van der Waals surface area contributed by atoms with Crippen molar-refractivity contribution in [2.45, 2.75) is 38.5 Å². The molecule has 0 N–H and O–H groups in total. The third-order valence-electron chi connectivity index (χ3n) is 12.3. The molecule has 0 atom stereocenters. The van der Waals surface area contributed by atoms with Gasteiger partial charge in [-0.3, -0.25) is 0 Å². The zero-order valence-corrected chi connectivity index (χ0v) is 31.8. The van der Waals surface area contributed by atoms with E-state index in [1.54, 1.807) is 0 Å². The molecule has 0 bridgehead atoms. The van der Waals surface area contributed by atoms with E-state index in [1.165, 1.54) is 77.9 Å². The zero-order valence-electron chi connectivity index (χ0n) is 31.8. The van der Waals surface area contributed by atoms with E-state index in [0.29, 0.717) is 0 Å². The molecule has 0 heterocycles. The maximum atomic E-state index is 2.49. The van der Waals surface area contributed by atoms with Crippen LogP contribution in [0.1, 0.15) is 49.9 Å². The molecule has 0 aliphatic heterocycles. The van der Waals surface area contributed by atoms with Crippen molar-refractivity contribution >= 4 is 17.1 Å². The summed E-state index contributed by atoms with van der Waals surface area (Å²) in [5, 5.41) is 0. The molecule has 0 amide bonds. The molecule has 2 aliphatic carbocycles. The van der Waals surface area contributed by atoms with Crippen LogP contribution < -0.4 is 4.90 Å². The highest BCUT2D eigenvalue weighted by molar-refractivity contribution is 5.97. The first-order valence-electron chi connectivity index (χ1n) is 19.4. The van der Waals surface area contributed by atoms with Gasteiger partial charge < -0.3 is 4.90 Å². The molecule has 8 aromatic carbocycles. The summed E-state index contributed by atoms with van der Waals surface area (Å²) >= 11 is 0. The summed E-state index contributed by atoms with van der Waals surface area (Å²) in [6, 6.07) is 69.5. The Morgan fingerprint density at radius 1 is 0.309 bits per heavy atom. The van der Waals surface area contributed by atoms with E-state index in [9.17, 15) is 0 Å². The Balaban J connectivity index is 1.19. The maximum absolute atomic E-state index is 2.49. The lowest BCUT2D eigenvalue weighted by Crippen LogP contribution is -2.18. The van der Waals surface area contributed by atoms with E-state index in [1.807, 2.05) is 0 Å². The smallest absolute Gasteiger partial charge is 0.0540 e. The van der Waals surface area contributed by atoms with Crippen LogP contribution in [0.2, 0.25) is 0 Å². The van der Waals surface area contributed by atoms with Crippen LogP contribution in [0, 0.1) is 0 Å². The average Bonchev–Trinajstić information content (AvgIpc) is 3.60. The van der Waals surface area contributed by atoms with Gasteiger partial charge in [0.2, 0.25) is 0 Å². The summed E-state index contributed by atoms with van der Waals surface area (Å²) in [7, 11) is 0. The van der Waals surface area contributed by atoms with Crippen molar-refractivity contribution in [2.75, 3.05) is 4.90 Å². The molecule has 55 heavy (non-hydrogen) atoms. The standard InChI is InChI=1S/C54H43N/c1-53(2)47-26-16-14-25-43(47)44-30-28-40(34-48(44)53)55(51-27-17-15-24-42(51)37-20-10-6-11-21-37)41-29-31-45-49(35-41)54(3,4)50-33-39(36-18-8-5-9-19-36)32-46(52(45)50)38-22-12-7-13-23-38/h5-35H,1-4H3. The molecular formula is C54H43N. The summed E-state index contributed by atoms with van der Waals surface area (Å²) in [6.07, 6.45) is 0. The minimum Gasteiger partial charge on any atom is -0.310 e. The second-order valence-electron chi connectivity index (χ2n) is 16.2. The molecule has 264 valence electrons. The van der Waals surface area contributed by atoms with E-state index in [2.05, 4.69) is 221 Å². The average molecular weight is 706 g/mol. The van der Waals surface area contributed by atoms with Gasteiger partial charge in [0, 0.05) is 27.8 Å². The number of hydrogen-bond donors (Lipinski definition) is 0. The van der Waals surface area contributed by atoms with E-state index in [-0.39, 0.29) is 10.8 Å². The monoisotopic (exact) mass is 705 g/mol. The second-order valence-corrected chi connectivity index (χ2v) is 16.2. The van der Waals surface area contributed by atoms with Crippen molar-refractivity contribution in [3.63, 3.8) is 0 Å². The number of fused-ring (bicyclic) bond motifs is 6. The number of anilines is 3. The lowest BCUT2D eigenvalue weighted by Gasteiger charge is -2.31. The molecule has 10 rings (SSSR count). The molecule has 0 aromatic heterocycles. The number of hydrogen-bond acceptors (Lipinski definition) is 1. The Labute approximate surface area is 325 Å². The lowest BCUT2D eigenvalue weighted by molar-refractivity contribution is 0.660. The second kappa shape index (κ2) is 12.6. The van der Waals surface area contributed by atoms with Gasteiger partial charge in [-0.2, -0.15) is 0 Å². The van der Waals surface area contributed by atoms with E-state index in [0.717, 1.165) is 17.1 Å². The summed E-state index contributed by atoms with van der Waals surface area (Å²) < 4.78 is 0. The summed E-state index contributed by atoms with van der Waals surface area (Å²) in [4.78, 5) is 2.49. The molecule has 2 aliphatic rings. The number of para-hydroxylation sites is 1. The fraction of sp³-hybridized carbons (Fsp3) is 0.111. The van der Waals surface area contributed by atoms with Gasteiger partial charge in [-0.05, 0) is 115 Å². The third-order valence-corrected chi connectivity index (χ3v) is 12.3. The Morgan fingerprint density at radius 2 is 0.782 bits per heavy atom. The Hall–Kier alpha value is -6.44. The summed E-state index contributed by atoms with van der Waals surface area (Å²) in [6.45, 7) is 9.55. The highest BCUT2D eigenvalue weighted by Crippen LogP contribution is 2.56. The molecular weight excluding hydrogens is 663 g/mol. The molecule has 1 nitrogen and oxygen atoms in total. The Morgan fingerprint density at radius 3 is 1.44 bits per heavy atom. The van der Waals surface area contributed by atoms with Crippen molar-refractivity contribution in [2.24, 2.45) is 0 Å². The molecule has 0 fully saturated rings. The quantitative estimate of drug-likeness (QED) is 0.166. The van der Waals surface area contributed by atoms with E-state index >= 15 is 0 Å². The summed E-state index contributed by atoms with van der Waals surface area (Å²) in [5.74, 6) is 0. The first kappa shape index (κ1) is 33.2. The van der Waals surface area contributed by atoms with Crippen molar-refractivity contribution in [3.8, 4) is 55.6 Å². The largest absolute Gasteiger partial charge is 0.310 e. The van der Waals surface area contributed by atoms with Crippen LogP contribution in [-0.2, 0) is 10.8 Å². The minimum atomic E-state index is -0.235. The molecule has 0 saturated heterocycles. The molecule has 0 saturated carbocycles. The van der Waals surface area contributed by atoms with Crippen molar-refractivity contribution < 1.29 is 0 Å². The molecule has 8 aromatic rings. The van der Waals surface area contributed by atoms with Crippen LogP contribution in [0.25, 0.3) is 55.6 Å². The normalized spacial score (nSPS) is 14.1. The van der Waals surface area contributed by atoms with Gasteiger partial charge in [-0.1, -0.05) is 173 Å². The highest BCUT2D eigenvalue weighted by Gasteiger charge is 2.39. The predicted molar refractivity (Wildman–Crippen MR) is 233 cm³/mol. The predicted octanol–water partition coefficient (Wildman–Crippen LogP) is 14.8. The van der Waals surface area contributed by atoms with Gasteiger partial charge in [-0.25, -0.2) is 0 Å². The van der Waals surface area contributed by atoms with Gasteiger partial charge in [0.05, 0.1) is 5.69 Å². The number of benzene rings is 8. The number of rotatable bonds is 6. The lowest BCUT2D eigenvalue weighted by atomic mass is 9.80. The van der Waals surface area contributed by atoms with Crippen LogP contribution in [0.3, 0.4) is 0 Å². The van der Waals surface area contributed by atoms with Gasteiger partial charge in [0.1, 0.15) is 0 Å². The van der Waals surface area contributed by atoms with Crippen molar-refractivity contribution in [1.82, 2.24) is 0 Å². The fourth-order valence-electron chi connectivity index (χ4n) is 9.41. The third kappa shape index (κ3) is 5.22. The molecule has 1 heteroatoms. The number of nitrogens with zero attached hydrogens (tertiary/aromatic N) is 1. The van der Waals surface area contributed by atoms with Crippen LogP contribution >= 0.6 is 0 Å². The van der Waals surface area contributed by atoms with E-state index < -0.39 is 0 Å². The van der Waals surface area contributed by atoms with Crippen molar-refractivity contribution in [1.29, 1.82) is 0 Å². The van der Waals surface area contributed by atoms with Crippen LogP contribution in [-0.4, -0.2) is 0 Å². The topological polar surface area (TPSA) is 3.24 Å². The summed E-state index contributed by atoms with van der Waals surface area (Å²) in [5.41, 5.74) is 21.3. The fourth-order valence-corrected chi connectivity index (χ4v) is 9.41. The van der Waals surface area contributed by atoms with E-state index in [4.69, 9.17) is 0 Å². The minimum absolute atomic E-state index is 0.113. The first-order chi connectivity index (χ1) is 26.8. The molecule has 0 radical (unpaired) electrons. The zero-order chi connectivity index (χ0) is 37.3. The van der Waals surface area contributed by atoms with Crippen LogP contribution in [0.4, 0.5) is 17.1 Å². The van der Waals surface area contributed by atoms with Crippen LogP contribution in [0.5, 0.6) is 0 Å². The SMILES string of the molecule is CC1(C)c2ccccc2-c2ccc(N(c3ccc4c(c3)C(C)(C)c3cc(-c5ccccc5)cc(-c5ccccc5)c3-4)c3ccccc3-c3ccccc3)cc21.